The van der Waals surface area contributed by atoms with Gasteiger partial charge in [0, 0.05) is 11.0 Å². The highest BCUT2D eigenvalue weighted by Crippen LogP contribution is 2.10. The third-order valence-corrected chi connectivity index (χ3v) is 2.71. The lowest BCUT2D eigenvalue weighted by atomic mass is 10.2. The summed E-state index contributed by atoms with van der Waals surface area (Å²) in [5.41, 5.74) is 0.707. The van der Waals surface area contributed by atoms with Crippen LogP contribution in [0.2, 0.25) is 0 Å². The van der Waals surface area contributed by atoms with Gasteiger partial charge in [0.05, 0.1) is 5.50 Å². The standard InChI is InChI=1S/C10H13BrCl2N2/c1-7(12)15-10(13)14-6-8-2-4-9(11)5-3-8/h2-5,7,10,14-15H,6H2,1H3. The van der Waals surface area contributed by atoms with Crippen molar-refractivity contribution >= 4 is 39.1 Å². The molecule has 0 heterocycles. The summed E-state index contributed by atoms with van der Waals surface area (Å²) in [6.07, 6.45) is 0. The van der Waals surface area contributed by atoms with Crippen molar-refractivity contribution in [2.24, 2.45) is 0 Å². The van der Waals surface area contributed by atoms with Gasteiger partial charge in [-0.25, -0.2) is 0 Å². The van der Waals surface area contributed by atoms with Gasteiger partial charge in [-0.1, -0.05) is 39.7 Å². The van der Waals surface area contributed by atoms with Crippen LogP contribution in [0.3, 0.4) is 0 Å². The minimum absolute atomic E-state index is 0.148. The first-order valence-electron chi connectivity index (χ1n) is 4.60. The molecule has 0 saturated carbocycles. The second-order valence-electron chi connectivity index (χ2n) is 3.15. The van der Waals surface area contributed by atoms with Crippen LogP contribution in [-0.4, -0.2) is 11.1 Å². The van der Waals surface area contributed by atoms with Gasteiger partial charge >= 0.3 is 0 Å². The number of rotatable bonds is 5. The predicted octanol–water partition coefficient (Wildman–Crippen LogP) is 3.24. The lowest BCUT2D eigenvalue weighted by Gasteiger charge is -2.15. The first-order valence-corrected chi connectivity index (χ1v) is 6.26. The molecule has 1 aromatic carbocycles. The summed E-state index contributed by atoms with van der Waals surface area (Å²) < 4.78 is 1.07. The van der Waals surface area contributed by atoms with Crippen molar-refractivity contribution in [2.45, 2.75) is 24.6 Å². The quantitative estimate of drug-likeness (QED) is 0.495. The summed E-state index contributed by atoms with van der Waals surface area (Å²) >= 11 is 15.1. The Morgan fingerprint density at radius 3 is 2.40 bits per heavy atom. The maximum atomic E-state index is 5.94. The lowest BCUT2D eigenvalue weighted by molar-refractivity contribution is 0.529. The van der Waals surface area contributed by atoms with E-state index in [1.807, 2.05) is 31.2 Å². The summed E-state index contributed by atoms with van der Waals surface area (Å²) in [5.74, 6) is 0. The molecule has 0 amide bonds. The van der Waals surface area contributed by atoms with Crippen molar-refractivity contribution < 1.29 is 0 Å². The summed E-state index contributed by atoms with van der Waals surface area (Å²) in [5, 5.41) is 6.04. The van der Waals surface area contributed by atoms with Crippen molar-refractivity contribution in [1.29, 1.82) is 0 Å². The third kappa shape index (κ3) is 5.73. The van der Waals surface area contributed by atoms with E-state index in [1.165, 1.54) is 5.56 Å². The van der Waals surface area contributed by atoms with Crippen LogP contribution in [0, 0.1) is 0 Å². The summed E-state index contributed by atoms with van der Waals surface area (Å²) in [4.78, 5) is 0. The molecule has 0 saturated heterocycles. The van der Waals surface area contributed by atoms with Crippen LogP contribution >= 0.6 is 39.1 Å². The molecule has 0 spiro atoms. The van der Waals surface area contributed by atoms with Crippen molar-refractivity contribution in [2.75, 3.05) is 0 Å². The highest BCUT2D eigenvalue weighted by Gasteiger charge is 2.05. The maximum Gasteiger partial charge on any atom is 0.136 e. The minimum atomic E-state index is -0.318. The summed E-state index contributed by atoms with van der Waals surface area (Å²) in [6, 6.07) is 8.06. The van der Waals surface area contributed by atoms with Gasteiger partial charge in [0.25, 0.3) is 0 Å². The zero-order valence-electron chi connectivity index (χ0n) is 8.31. The molecule has 1 rings (SSSR count). The van der Waals surface area contributed by atoms with Gasteiger partial charge in [-0.05, 0) is 24.6 Å². The van der Waals surface area contributed by atoms with Gasteiger partial charge in [0.1, 0.15) is 5.62 Å². The first-order chi connectivity index (χ1) is 7.08. The van der Waals surface area contributed by atoms with Gasteiger partial charge < -0.3 is 0 Å². The summed E-state index contributed by atoms with van der Waals surface area (Å²) in [6.45, 7) is 2.54. The molecule has 5 heteroatoms. The van der Waals surface area contributed by atoms with E-state index in [2.05, 4.69) is 26.6 Å². The Kier molecular flexibility index (Phi) is 5.94. The van der Waals surface area contributed by atoms with E-state index < -0.39 is 0 Å². The van der Waals surface area contributed by atoms with E-state index >= 15 is 0 Å². The van der Waals surface area contributed by atoms with Crippen molar-refractivity contribution in [3.8, 4) is 0 Å². The number of hydrogen-bond acceptors (Lipinski definition) is 2. The second kappa shape index (κ2) is 6.71. The van der Waals surface area contributed by atoms with Gasteiger partial charge in [-0.15, -0.1) is 11.6 Å². The van der Waals surface area contributed by atoms with E-state index in [1.54, 1.807) is 0 Å². The molecule has 84 valence electrons. The Morgan fingerprint density at radius 2 is 1.87 bits per heavy atom. The fourth-order valence-electron chi connectivity index (χ4n) is 1.07. The molecule has 0 aliphatic carbocycles. The fourth-order valence-corrected chi connectivity index (χ4v) is 1.79. The van der Waals surface area contributed by atoms with Crippen LogP contribution in [0.4, 0.5) is 0 Å². The molecule has 1 aromatic rings. The fraction of sp³-hybridized carbons (Fsp3) is 0.400. The van der Waals surface area contributed by atoms with E-state index in [0.717, 1.165) is 4.47 Å². The van der Waals surface area contributed by atoms with E-state index in [9.17, 15) is 0 Å². The predicted molar refractivity (Wildman–Crippen MR) is 69.1 cm³/mol. The van der Waals surface area contributed by atoms with Gasteiger partial charge in [0.15, 0.2) is 0 Å². The van der Waals surface area contributed by atoms with Crippen LogP contribution in [0.25, 0.3) is 0 Å². The van der Waals surface area contributed by atoms with Crippen LogP contribution in [0.1, 0.15) is 12.5 Å². The Hall–Kier alpha value is 0.200. The molecule has 2 atom stereocenters. The number of halogens is 3. The molecule has 15 heavy (non-hydrogen) atoms. The summed E-state index contributed by atoms with van der Waals surface area (Å²) in [7, 11) is 0. The zero-order chi connectivity index (χ0) is 11.3. The van der Waals surface area contributed by atoms with Crippen molar-refractivity contribution in [3.63, 3.8) is 0 Å². The molecule has 2 nitrogen and oxygen atoms in total. The second-order valence-corrected chi connectivity index (χ2v) is 5.16. The van der Waals surface area contributed by atoms with Crippen molar-refractivity contribution in [1.82, 2.24) is 10.6 Å². The molecule has 2 N–H and O–H groups in total. The van der Waals surface area contributed by atoms with Crippen LogP contribution in [0.15, 0.2) is 28.7 Å². The molecule has 2 unspecified atom stereocenters. The molecule has 0 aromatic heterocycles. The molecule has 0 radical (unpaired) electrons. The minimum Gasteiger partial charge on any atom is -0.285 e. The molecule has 0 bridgehead atoms. The molecular formula is C10H13BrCl2N2. The molecule has 0 aliphatic heterocycles. The molecular weight excluding hydrogens is 299 g/mol. The average Bonchev–Trinajstić information content (AvgIpc) is 2.16. The van der Waals surface area contributed by atoms with Gasteiger partial charge in [0.2, 0.25) is 0 Å². The van der Waals surface area contributed by atoms with Gasteiger partial charge in [-0.3, -0.25) is 10.6 Å². The normalized spacial score (nSPS) is 14.9. The Bertz CT molecular complexity index is 290. The monoisotopic (exact) mass is 310 g/mol. The van der Waals surface area contributed by atoms with Crippen LogP contribution < -0.4 is 10.6 Å². The van der Waals surface area contributed by atoms with Crippen LogP contribution in [0.5, 0.6) is 0 Å². The van der Waals surface area contributed by atoms with E-state index in [0.29, 0.717) is 6.54 Å². The maximum absolute atomic E-state index is 5.94. The molecule has 0 fully saturated rings. The first kappa shape index (κ1) is 13.3. The Balaban J connectivity index is 2.33. The lowest BCUT2D eigenvalue weighted by Crippen LogP contribution is -2.40. The zero-order valence-corrected chi connectivity index (χ0v) is 11.4. The highest BCUT2D eigenvalue weighted by molar-refractivity contribution is 9.10. The van der Waals surface area contributed by atoms with Crippen LogP contribution in [-0.2, 0) is 6.54 Å². The Morgan fingerprint density at radius 1 is 1.27 bits per heavy atom. The van der Waals surface area contributed by atoms with Crippen molar-refractivity contribution in [3.05, 3.63) is 34.3 Å². The topological polar surface area (TPSA) is 24.1 Å². The SMILES string of the molecule is CC(Cl)NC(Cl)NCc1ccc(Br)cc1. The largest absolute Gasteiger partial charge is 0.285 e. The van der Waals surface area contributed by atoms with Gasteiger partial charge in [-0.2, -0.15) is 0 Å². The van der Waals surface area contributed by atoms with E-state index in [-0.39, 0.29) is 11.1 Å². The number of nitrogens with one attached hydrogen (secondary N) is 2. The Labute approximate surface area is 108 Å². The number of benzene rings is 1. The highest BCUT2D eigenvalue weighted by atomic mass is 79.9. The average molecular weight is 312 g/mol. The smallest absolute Gasteiger partial charge is 0.136 e. The number of hydrogen-bond donors (Lipinski definition) is 2. The molecule has 0 aliphatic rings. The third-order valence-electron chi connectivity index (χ3n) is 1.77. The number of alkyl halides is 2. The van der Waals surface area contributed by atoms with E-state index in [4.69, 9.17) is 23.2 Å².